The number of hydrogen-bond donors (Lipinski definition) is 1. The number of barbiturate groups is 1. The highest BCUT2D eigenvalue weighted by molar-refractivity contribution is 6.39. The van der Waals surface area contributed by atoms with Crippen LogP contribution < -0.4 is 29.2 Å². The summed E-state index contributed by atoms with van der Waals surface area (Å²) in [5, 5.41) is 2.54. The molecule has 1 fully saturated rings. The molecular weight excluding hydrogens is 572 g/mol. The maximum atomic E-state index is 13.2. The number of carbonyl (C=O) groups is 3. The van der Waals surface area contributed by atoms with Crippen molar-refractivity contribution in [1.82, 2.24) is 5.32 Å². The van der Waals surface area contributed by atoms with Crippen LogP contribution in [0.1, 0.15) is 16.7 Å². The largest absolute Gasteiger partial charge is 0.493 e. The molecule has 5 rings (SSSR count). The second-order valence-electron chi connectivity index (χ2n) is 9.40. The Hall–Kier alpha value is -5.28. The molecule has 1 aliphatic heterocycles. The van der Waals surface area contributed by atoms with Gasteiger partial charge in [-0.1, -0.05) is 60.1 Å². The summed E-state index contributed by atoms with van der Waals surface area (Å²) in [4.78, 5) is 39.1. The lowest BCUT2D eigenvalue weighted by atomic mass is 10.1. The van der Waals surface area contributed by atoms with E-state index >= 15 is 0 Å². The number of imide groups is 2. The van der Waals surface area contributed by atoms with E-state index in [0.29, 0.717) is 40.2 Å². The zero-order valence-electron chi connectivity index (χ0n) is 23.3. The molecule has 4 aromatic carbocycles. The Balaban J connectivity index is 1.30. The summed E-state index contributed by atoms with van der Waals surface area (Å²) in [6.45, 7) is 0.624. The standard InChI is InChI=1S/C33H27ClN2O7/c1-40-29-16-22(15-26-31(37)35-33(39)36(32(26)38)25-10-6-9-24(34)18-25)11-13-27(29)43-20-23-12-14-28(30(17-23)41-2)42-19-21-7-4-3-5-8-21/h3-18H,19-20H2,1-2H3,(H,35,37,39)/b26-15+. The number of nitrogens with zero attached hydrogens (tertiary/aromatic N) is 1. The Morgan fingerprint density at radius 3 is 2.09 bits per heavy atom. The number of halogens is 1. The molecule has 1 aliphatic rings. The molecule has 0 unspecified atom stereocenters. The van der Waals surface area contributed by atoms with Gasteiger partial charge < -0.3 is 18.9 Å². The van der Waals surface area contributed by atoms with Gasteiger partial charge in [-0.3, -0.25) is 14.9 Å². The minimum Gasteiger partial charge on any atom is -0.493 e. The first-order valence-electron chi connectivity index (χ1n) is 13.2. The number of carbonyl (C=O) groups excluding carboxylic acids is 3. The van der Waals surface area contributed by atoms with Crippen molar-refractivity contribution in [3.05, 3.63) is 118 Å². The lowest BCUT2D eigenvalue weighted by Crippen LogP contribution is -2.54. The van der Waals surface area contributed by atoms with E-state index in [1.54, 1.807) is 43.5 Å². The summed E-state index contributed by atoms with van der Waals surface area (Å²) in [5.74, 6) is 0.436. The number of methoxy groups -OCH3 is 2. The molecule has 4 aromatic rings. The van der Waals surface area contributed by atoms with Crippen LogP contribution in [0.25, 0.3) is 6.08 Å². The smallest absolute Gasteiger partial charge is 0.335 e. The van der Waals surface area contributed by atoms with Crippen molar-refractivity contribution < 1.29 is 33.3 Å². The Labute approximate surface area is 253 Å². The predicted molar refractivity (Wildman–Crippen MR) is 162 cm³/mol. The molecule has 218 valence electrons. The van der Waals surface area contributed by atoms with Gasteiger partial charge in [0.05, 0.1) is 19.9 Å². The third kappa shape index (κ3) is 6.79. The molecule has 0 radical (unpaired) electrons. The minimum absolute atomic E-state index is 0.212. The molecule has 0 aliphatic carbocycles. The maximum absolute atomic E-state index is 13.2. The zero-order valence-corrected chi connectivity index (χ0v) is 24.1. The van der Waals surface area contributed by atoms with Crippen molar-refractivity contribution in [1.29, 1.82) is 0 Å². The molecular formula is C33H27ClN2O7. The Morgan fingerprint density at radius 1 is 0.721 bits per heavy atom. The van der Waals surface area contributed by atoms with Gasteiger partial charge in [-0.2, -0.15) is 0 Å². The van der Waals surface area contributed by atoms with E-state index < -0.39 is 17.8 Å². The number of hydrogen-bond acceptors (Lipinski definition) is 7. The summed E-state index contributed by atoms with van der Waals surface area (Å²) in [6, 6.07) is 25.7. The van der Waals surface area contributed by atoms with Crippen LogP contribution >= 0.6 is 11.6 Å². The Bertz CT molecular complexity index is 1710. The van der Waals surface area contributed by atoms with Gasteiger partial charge in [0.25, 0.3) is 11.8 Å². The van der Waals surface area contributed by atoms with Crippen molar-refractivity contribution in [2.75, 3.05) is 19.1 Å². The molecule has 4 amide bonds. The molecule has 0 atom stereocenters. The number of amides is 4. The van der Waals surface area contributed by atoms with Crippen LogP contribution in [0.3, 0.4) is 0 Å². The summed E-state index contributed by atoms with van der Waals surface area (Å²) in [6.07, 6.45) is 1.38. The molecule has 0 bridgehead atoms. The number of benzene rings is 4. The molecule has 1 heterocycles. The quantitative estimate of drug-likeness (QED) is 0.172. The topological polar surface area (TPSA) is 103 Å². The van der Waals surface area contributed by atoms with Crippen molar-refractivity contribution >= 4 is 41.2 Å². The number of ether oxygens (including phenoxy) is 4. The van der Waals surface area contributed by atoms with Crippen molar-refractivity contribution in [3.63, 3.8) is 0 Å². The van der Waals surface area contributed by atoms with E-state index in [0.717, 1.165) is 16.0 Å². The Morgan fingerprint density at radius 2 is 1.40 bits per heavy atom. The number of urea groups is 1. The van der Waals surface area contributed by atoms with Crippen LogP contribution in [0, 0.1) is 0 Å². The van der Waals surface area contributed by atoms with Crippen molar-refractivity contribution in [3.8, 4) is 23.0 Å². The molecule has 1 saturated heterocycles. The third-order valence-corrected chi connectivity index (χ3v) is 6.76. The van der Waals surface area contributed by atoms with Crippen molar-refractivity contribution in [2.24, 2.45) is 0 Å². The molecule has 9 nitrogen and oxygen atoms in total. The van der Waals surface area contributed by atoms with E-state index in [1.807, 2.05) is 48.5 Å². The first-order valence-corrected chi connectivity index (χ1v) is 13.6. The van der Waals surface area contributed by atoms with Gasteiger partial charge in [-0.05, 0) is 65.2 Å². The highest BCUT2D eigenvalue weighted by Crippen LogP contribution is 2.33. The van der Waals surface area contributed by atoms with Gasteiger partial charge in [-0.25, -0.2) is 9.69 Å². The molecule has 0 saturated carbocycles. The highest BCUT2D eigenvalue weighted by atomic mass is 35.5. The van der Waals surface area contributed by atoms with Gasteiger partial charge in [0.15, 0.2) is 23.0 Å². The van der Waals surface area contributed by atoms with Crippen LogP contribution in [-0.2, 0) is 22.8 Å². The summed E-state index contributed by atoms with van der Waals surface area (Å²) < 4.78 is 23.0. The van der Waals surface area contributed by atoms with Crippen LogP contribution in [0.4, 0.5) is 10.5 Å². The summed E-state index contributed by atoms with van der Waals surface area (Å²) in [7, 11) is 3.06. The first kappa shape index (κ1) is 29.2. The fourth-order valence-electron chi connectivity index (χ4n) is 4.38. The first-order chi connectivity index (χ1) is 20.9. The monoisotopic (exact) mass is 598 g/mol. The van der Waals surface area contributed by atoms with E-state index in [1.165, 1.54) is 19.3 Å². The van der Waals surface area contributed by atoms with Gasteiger partial charge >= 0.3 is 6.03 Å². The fourth-order valence-corrected chi connectivity index (χ4v) is 4.57. The SMILES string of the molecule is COc1cc(/C=C2\C(=O)NC(=O)N(c3cccc(Cl)c3)C2=O)ccc1OCc1ccc(OCc2ccccc2)c(OC)c1. The fraction of sp³-hybridized carbons (Fsp3) is 0.121. The van der Waals surface area contributed by atoms with E-state index in [4.69, 9.17) is 30.5 Å². The van der Waals surface area contributed by atoms with Gasteiger partial charge in [0, 0.05) is 5.02 Å². The van der Waals surface area contributed by atoms with Gasteiger partial charge in [0.2, 0.25) is 0 Å². The second-order valence-corrected chi connectivity index (χ2v) is 9.83. The summed E-state index contributed by atoms with van der Waals surface area (Å²) in [5.41, 5.74) is 2.39. The molecule has 0 aromatic heterocycles. The second kappa shape index (κ2) is 13.1. The molecule has 1 N–H and O–H groups in total. The van der Waals surface area contributed by atoms with Crippen LogP contribution in [-0.4, -0.2) is 32.1 Å². The van der Waals surface area contributed by atoms with Crippen LogP contribution in [0.15, 0.2) is 96.6 Å². The lowest BCUT2D eigenvalue weighted by Gasteiger charge is -2.26. The van der Waals surface area contributed by atoms with Gasteiger partial charge in [-0.15, -0.1) is 0 Å². The lowest BCUT2D eigenvalue weighted by molar-refractivity contribution is -0.122. The average Bonchev–Trinajstić information content (AvgIpc) is 3.01. The number of rotatable bonds is 10. The van der Waals surface area contributed by atoms with Crippen molar-refractivity contribution in [2.45, 2.75) is 13.2 Å². The number of nitrogens with one attached hydrogen (secondary N) is 1. The predicted octanol–water partition coefficient (Wildman–Crippen LogP) is 6.18. The normalized spacial score (nSPS) is 14.0. The maximum Gasteiger partial charge on any atom is 0.335 e. The van der Waals surface area contributed by atoms with E-state index in [-0.39, 0.29) is 17.9 Å². The Kier molecular flexibility index (Phi) is 8.93. The minimum atomic E-state index is -0.858. The van der Waals surface area contributed by atoms with Crippen LogP contribution in [0.2, 0.25) is 5.02 Å². The molecule has 10 heteroatoms. The highest BCUT2D eigenvalue weighted by Gasteiger charge is 2.36. The number of anilines is 1. The zero-order chi connectivity index (χ0) is 30.3. The van der Waals surface area contributed by atoms with E-state index in [9.17, 15) is 14.4 Å². The molecule has 0 spiro atoms. The van der Waals surface area contributed by atoms with Crippen LogP contribution in [0.5, 0.6) is 23.0 Å². The summed E-state index contributed by atoms with van der Waals surface area (Å²) >= 11 is 6.03. The van der Waals surface area contributed by atoms with Gasteiger partial charge in [0.1, 0.15) is 18.8 Å². The average molecular weight is 599 g/mol. The molecule has 43 heavy (non-hydrogen) atoms. The third-order valence-electron chi connectivity index (χ3n) is 6.53. The van der Waals surface area contributed by atoms with E-state index in [2.05, 4.69) is 5.32 Å².